The average Bonchev–Trinajstić information content (AvgIpc) is 3.33. The van der Waals surface area contributed by atoms with E-state index in [2.05, 4.69) is 15.1 Å². The topological polar surface area (TPSA) is 61.5 Å². The summed E-state index contributed by atoms with van der Waals surface area (Å²) in [6.07, 6.45) is 0. The number of nitrogens with one attached hydrogen (secondary N) is 1. The van der Waals surface area contributed by atoms with Gasteiger partial charge in [-0.15, -0.1) is 0 Å². The van der Waals surface area contributed by atoms with Gasteiger partial charge in [-0.1, -0.05) is 42.5 Å². The molecule has 1 fully saturated rings. The molecule has 1 N–H and O–H groups in total. The highest BCUT2D eigenvalue weighted by Crippen LogP contribution is 2.42. The zero-order valence-electron chi connectivity index (χ0n) is 16.6. The molecule has 0 aliphatic carbocycles. The van der Waals surface area contributed by atoms with Crippen molar-refractivity contribution >= 4 is 5.91 Å². The predicted octanol–water partition coefficient (Wildman–Crippen LogP) is 3.09. The molecule has 1 aromatic heterocycles. The van der Waals surface area contributed by atoms with E-state index in [-0.39, 0.29) is 17.8 Å². The Morgan fingerprint density at radius 3 is 2.50 bits per heavy atom. The van der Waals surface area contributed by atoms with E-state index in [9.17, 15) is 9.18 Å². The van der Waals surface area contributed by atoms with Crippen LogP contribution in [0.5, 0.6) is 0 Å². The number of carbonyl (C=O) groups excluding carboxylic acids is 1. The van der Waals surface area contributed by atoms with Gasteiger partial charge in [0.15, 0.2) is 0 Å². The third-order valence-corrected chi connectivity index (χ3v) is 5.86. The van der Waals surface area contributed by atoms with Crippen LogP contribution < -0.4 is 0 Å². The number of amides is 1. The van der Waals surface area contributed by atoms with Crippen molar-refractivity contribution in [3.05, 3.63) is 77.2 Å². The molecule has 3 aromatic rings. The molecule has 5 rings (SSSR count). The Balaban J connectivity index is 1.52. The fourth-order valence-corrected chi connectivity index (χ4v) is 4.31. The Kier molecular flexibility index (Phi) is 5.06. The first-order valence-corrected chi connectivity index (χ1v) is 10.2. The van der Waals surface area contributed by atoms with Crippen LogP contribution in [0.3, 0.4) is 0 Å². The van der Waals surface area contributed by atoms with E-state index in [0.29, 0.717) is 12.2 Å². The van der Waals surface area contributed by atoms with E-state index in [4.69, 9.17) is 4.74 Å². The van der Waals surface area contributed by atoms with Gasteiger partial charge in [0, 0.05) is 37.3 Å². The number of ether oxygens (including phenoxy) is 1. The fraction of sp³-hybridized carbons (Fsp3) is 0.304. The summed E-state index contributed by atoms with van der Waals surface area (Å²) in [5.41, 5.74) is 3.97. The summed E-state index contributed by atoms with van der Waals surface area (Å²) in [7, 11) is 0. The summed E-state index contributed by atoms with van der Waals surface area (Å²) in [4.78, 5) is 17.5. The lowest BCUT2D eigenvalue weighted by molar-refractivity contribution is 0.0316. The van der Waals surface area contributed by atoms with Gasteiger partial charge >= 0.3 is 0 Å². The molecule has 2 aromatic carbocycles. The number of fused-ring (bicyclic) bond motifs is 1. The number of hydrogen-bond acceptors (Lipinski definition) is 4. The lowest BCUT2D eigenvalue weighted by Gasteiger charge is -2.31. The van der Waals surface area contributed by atoms with Gasteiger partial charge in [-0.25, -0.2) is 4.39 Å². The molecule has 1 unspecified atom stereocenters. The first-order valence-electron chi connectivity index (χ1n) is 10.2. The molecule has 1 atom stereocenters. The quantitative estimate of drug-likeness (QED) is 0.707. The number of halogens is 1. The van der Waals surface area contributed by atoms with Gasteiger partial charge in [0.1, 0.15) is 11.5 Å². The molecule has 1 amide bonds. The van der Waals surface area contributed by atoms with Crippen molar-refractivity contribution in [3.8, 4) is 11.3 Å². The highest BCUT2D eigenvalue weighted by atomic mass is 19.1. The third kappa shape index (κ3) is 3.40. The largest absolute Gasteiger partial charge is 0.379 e. The minimum atomic E-state index is -0.303. The van der Waals surface area contributed by atoms with E-state index >= 15 is 0 Å². The maximum absolute atomic E-state index is 13.6. The van der Waals surface area contributed by atoms with E-state index in [1.54, 1.807) is 12.1 Å². The monoisotopic (exact) mass is 406 g/mol. The summed E-state index contributed by atoms with van der Waals surface area (Å²) in [5, 5.41) is 7.43. The molecule has 0 bridgehead atoms. The van der Waals surface area contributed by atoms with Crippen molar-refractivity contribution in [3.63, 3.8) is 0 Å². The van der Waals surface area contributed by atoms with Gasteiger partial charge in [0.05, 0.1) is 24.9 Å². The summed E-state index contributed by atoms with van der Waals surface area (Å²) in [6, 6.07) is 15.9. The molecule has 2 aliphatic heterocycles. The average molecular weight is 406 g/mol. The Morgan fingerprint density at radius 1 is 1.03 bits per heavy atom. The number of aromatic amines is 1. The summed E-state index contributed by atoms with van der Waals surface area (Å²) >= 11 is 0. The standard InChI is InChI=1S/C23H23FN4O2/c24-18-8-6-17(7-9-18)22-19-20(16-4-2-1-3-5-16)25-26-21(19)23(29)28(22)11-10-27-12-14-30-15-13-27/h1-9,22H,10-15H2,(H,25,26). The normalized spacial score (nSPS) is 19.3. The Hall–Kier alpha value is -3.03. The minimum Gasteiger partial charge on any atom is -0.379 e. The molecular formula is C23H23FN4O2. The molecule has 0 saturated carbocycles. The minimum absolute atomic E-state index is 0.0673. The Bertz CT molecular complexity index is 1030. The van der Waals surface area contributed by atoms with Crippen LogP contribution in [0.25, 0.3) is 11.3 Å². The van der Waals surface area contributed by atoms with Crippen molar-refractivity contribution in [2.45, 2.75) is 6.04 Å². The van der Waals surface area contributed by atoms with Gasteiger partial charge in [0.25, 0.3) is 5.91 Å². The van der Waals surface area contributed by atoms with Crippen LogP contribution in [-0.2, 0) is 4.74 Å². The van der Waals surface area contributed by atoms with Crippen LogP contribution in [0.4, 0.5) is 4.39 Å². The second-order valence-corrected chi connectivity index (χ2v) is 7.63. The molecule has 0 spiro atoms. The van der Waals surface area contributed by atoms with Gasteiger partial charge in [-0.2, -0.15) is 5.10 Å². The van der Waals surface area contributed by atoms with E-state index in [1.807, 2.05) is 35.2 Å². The van der Waals surface area contributed by atoms with Crippen LogP contribution in [0.2, 0.25) is 0 Å². The molecule has 0 radical (unpaired) electrons. The molecule has 154 valence electrons. The summed E-state index contributed by atoms with van der Waals surface area (Å²) in [6.45, 7) is 4.52. The molecule has 3 heterocycles. The Labute approximate surface area is 174 Å². The van der Waals surface area contributed by atoms with E-state index < -0.39 is 0 Å². The van der Waals surface area contributed by atoms with Gasteiger partial charge in [-0.3, -0.25) is 14.8 Å². The van der Waals surface area contributed by atoms with Crippen LogP contribution in [-0.4, -0.2) is 65.3 Å². The highest BCUT2D eigenvalue weighted by Gasteiger charge is 2.42. The van der Waals surface area contributed by atoms with Gasteiger partial charge < -0.3 is 9.64 Å². The van der Waals surface area contributed by atoms with E-state index in [1.165, 1.54) is 12.1 Å². The number of benzene rings is 2. The third-order valence-electron chi connectivity index (χ3n) is 5.86. The molecule has 2 aliphatic rings. The lowest BCUT2D eigenvalue weighted by atomic mass is 9.96. The number of aromatic nitrogens is 2. The fourth-order valence-electron chi connectivity index (χ4n) is 4.31. The number of morpholine rings is 1. The Morgan fingerprint density at radius 2 is 1.77 bits per heavy atom. The number of hydrogen-bond donors (Lipinski definition) is 1. The number of nitrogens with zero attached hydrogens (tertiary/aromatic N) is 3. The highest BCUT2D eigenvalue weighted by molar-refractivity contribution is 6.00. The van der Waals surface area contributed by atoms with Crippen LogP contribution in [0, 0.1) is 5.82 Å². The maximum Gasteiger partial charge on any atom is 0.273 e. The van der Waals surface area contributed by atoms with E-state index in [0.717, 1.165) is 55.2 Å². The predicted molar refractivity (Wildman–Crippen MR) is 111 cm³/mol. The molecule has 7 heteroatoms. The number of carbonyl (C=O) groups is 1. The lowest BCUT2D eigenvalue weighted by Crippen LogP contribution is -2.42. The van der Waals surface area contributed by atoms with Gasteiger partial charge in [-0.05, 0) is 17.7 Å². The second-order valence-electron chi connectivity index (χ2n) is 7.63. The smallest absolute Gasteiger partial charge is 0.273 e. The van der Waals surface area contributed by atoms with Crippen molar-refractivity contribution in [1.82, 2.24) is 20.0 Å². The van der Waals surface area contributed by atoms with Crippen LogP contribution in [0.1, 0.15) is 27.7 Å². The first-order chi connectivity index (χ1) is 14.7. The molecular weight excluding hydrogens is 383 g/mol. The maximum atomic E-state index is 13.6. The van der Waals surface area contributed by atoms with Crippen molar-refractivity contribution < 1.29 is 13.9 Å². The summed E-state index contributed by atoms with van der Waals surface area (Å²) < 4.78 is 19.0. The van der Waals surface area contributed by atoms with Crippen molar-refractivity contribution in [2.24, 2.45) is 0 Å². The SMILES string of the molecule is O=C1c2[nH]nc(-c3ccccc3)c2C(c2ccc(F)cc2)N1CCN1CCOCC1. The summed E-state index contributed by atoms with van der Waals surface area (Å²) in [5.74, 6) is -0.360. The van der Waals surface area contributed by atoms with Crippen LogP contribution in [0.15, 0.2) is 54.6 Å². The zero-order chi connectivity index (χ0) is 20.5. The number of H-pyrrole nitrogens is 1. The second kappa shape index (κ2) is 8.01. The molecule has 6 nitrogen and oxygen atoms in total. The van der Waals surface area contributed by atoms with Crippen LogP contribution >= 0.6 is 0 Å². The molecule has 1 saturated heterocycles. The van der Waals surface area contributed by atoms with Crippen molar-refractivity contribution in [2.75, 3.05) is 39.4 Å². The first kappa shape index (κ1) is 19.0. The molecule has 30 heavy (non-hydrogen) atoms. The zero-order valence-corrected chi connectivity index (χ0v) is 16.6. The van der Waals surface area contributed by atoms with Crippen molar-refractivity contribution in [1.29, 1.82) is 0 Å². The number of rotatable bonds is 5. The van der Waals surface area contributed by atoms with Gasteiger partial charge in [0.2, 0.25) is 0 Å².